The molecule has 1 saturated heterocycles. The van der Waals surface area contributed by atoms with Gasteiger partial charge in [0.15, 0.2) is 0 Å². The van der Waals surface area contributed by atoms with Gasteiger partial charge in [0, 0.05) is 45.8 Å². The minimum Gasteiger partial charge on any atom is -0.378 e. The molecule has 2 unspecified atom stereocenters. The first-order chi connectivity index (χ1) is 15.2. The summed E-state index contributed by atoms with van der Waals surface area (Å²) in [5.74, 6) is -3.23. The van der Waals surface area contributed by atoms with Gasteiger partial charge in [-0.1, -0.05) is 0 Å². The van der Waals surface area contributed by atoms with E-state index < -0.39 is 29.8 Å². The van der Waals surface area contributed by atoms with E-state index in [1.165, 1.54) is 14.2 Å². The zero-order valence-electron chi connectivity index (χ0n) is 17.9. The van der Waals surface area contributed by atoms with Crippen molar-refractivity contribution >= 4 is 11.7 Å². The lowest BCUT2D eigenvalue weighted by Crippen LogP contribution is -2.47. The molecule has 1 aliphatic heterocycles. The molecule has 32 heavy (non-hydrogen) atoms. The fraction of sp³-hybridized carbons (Fsp3) is 0.550. The van der Waals surface area contributed by atoms with Gasteiger partial charge in [0.2, 0.25) is 11.6 Å². The number of hydrogen-bond donors (Lipinski definition) is 1. The maximum absolute atomic E-state index is 13.2. The van der Waals surface area contributed by atoms with Crippen molar-refractivity contribution in [3.05, 3.63) is 41.5 Å². The van der Waals surface area contributed by atoms with E-state index in [2.05, 4.69) is 15.3 Å². The van der Waals surface area contributed by atoms with Crippen molar-refractivity contribution in [1.29, 1.82) is 0 Å². The summed E-state index contributed by atoms with van der Waals surface area (Å²) in [5, 5.41) is 2.67. The molecule has 176 valence electrons. The number of allylic oxidation sites excluding steroid dienone is 1. The number of halogens is 3. The summed E-state index contributed by atoms with van der Waals surface area (Å²) >= 11 is 0. The first-order valence-electron chi connectivity index (χ1n) is 9.95. The van der Waals surface area contributed by atoms with E-state index >= 15 is 0 Å². The summed E-state index contributed by atoms with van der Waals surface area (Å²) in [6.07, 6.45) is 0.250. The quantitative estimate of drug-likeness (QED) is 0.620. The molecule has 0 bridgehead atoms. The van der Waals surface area contributed by atoms with Crippen LogP contribution in [0.25, 0.3) is 0 Å². The Kier molecular flexibility index (Phi) is 7.49. The maximum Gasteiger partial charge on any atom is 0.451 e. The van der Waals surface area contributed by atoms with Crippen molar-refractivity contribution in [3.8, 4) is 0 Å². The maximum atomic E-state index is 13.2. The van der Waals surface area contributed by atoms with Crippen LogP contribution in [0.15, 0.2) is 30.1 Å². The number of aromatic nitrogens is 2. The fourth-order valence-corrected chi connectivity index (χ4v) is 3.43. The number of carbonyl (C=O) groups is 1. The summed E-state index contributed by atoms with van der Waals surface area (Å²) in [6, 6.07) is 0. The first-order valence-corrected chi connectivity index (χ1v) is 9.95. The predicted molar refractivity (Wildman–Crippen MR) is 107 cm³/mol. The van der Waals surface area contributed by atoms with Crippen LogP contribution in [0.1, 0.15) is 23.1 Å². The molecule has 9 nitrogen and oxygen atoms in total. The lowest BCUT2D eigenvalue weighted by molar-refractivity contribution is -0.232. The van der Waals surface area contributed by atoms with Gasteiger partial charge in [0.25, 0.3) is 5.91 Å². The molecule has 0 spiro atoms. The van der Waals surface area contributed by atoms with Crippen LogP contribution in [-0.4, -0.2) is 74.9 Å². The average Bonchev–Trinajstić information content (AvgIpc) is 2.79. The Balaban J connectivity index is 1.88. The number of carbonyl (C=O) groups excluding carboxylic acids is 1. The van der Waals surface area contributed by atoms with E-state index in [-0.39, 0.29) is 11.4 Å². The second kappa shape index (κ2) is 9.94. The minimum absolute atomic E-state index is 0.0865. The van der Waals surface area contributed by atoms with E-state index in [0.29, 0.717) is 38.6 Å². The molecule has 0 saturated carbocycles. The Morgan fingerprint density at radius 2 is 2.06 bits per heavy atom. The van der Waals surface area contributed by atoms with Crippen LogP contribution in [0.3, 0.4) is 0 Å². The summed E-state index contributed by atoms with van der Waals surface area (Å²) in [5.41, 5.74) is 0.276. The number of rotatable bonds is 7. The van der Waals surface area contributed by atoms with Gasteiger partial charge in [-0.15, -0.1) is 0 Å². The summed E-state index contributed by atoms with van der Waals surface area (Å²) in [6.45, 7) is 3.39. The van der Waals surface area contributed by atoms with Crippen molar-refractivity contribution in [2.24, 2.45) is 0 Å². The van der Waals surface area contributed by atoms with Gasteiger partial charge in [-0.3, -0.25) is 4.79 Å². The topological polar surface area (TPSA) is 95.0 Å². The van der Waals surface area contributed by atoms with Gasteiger partial charge in [0.05, 0.1) is 13.2 Å². The molecule has 1 aromatic heterocycles. The van der Waals surface area contributed by atoms with Gasteiger partial charge < -0.3 is 29.2 Å². The molecule has 0 radical (unpaired) electrons. The molecule has 1 N–H and O–H groups in total. The van der Waals surface area contributed by atoms with Crippen molar-refractivity contribution in [3.63, 3.8) is 0 Å². The van der Waals surface area contributed by atoms with Crippen molar-refractivity contribution < 1.29 is 36.9 Å². The molecule has 1 aromatic rings. The van der Waals surface area contributed by atoms with Crippen LogP contribution < -0.4 is 10.2 Å². The number of nitrogens with one attached hydrogen (secondary N) is 1. The summed E-state index contributed by atoms with van der Waals surface area (Å²) < 4.78 is 61.3. The molecule has 0 aromatic carbocycles. The number of alkyl halides is 3. The highest BCUT2D eigenvalue weighted by molar-refractivity contribution is 5.99. The Bertz CT molecular complexity index is 886. The van der Waals surface area contributed by atoms with Crippen LogP contribution in [0.4, 0.5) is 19.0 Å². The van der Waals surface area contributed by atoms with Gasteiger partial charge in [0.1, 0.15) is 17.5 Å². The molecule has 2 heterocycles. The molecular formula is C20H25F3N4O5. The second-order valence-corrected chi connectivity index (χ2v) is 6.95. The Morgan fingerprint density at radius 1 is 1.34 bits per heavy atom. The van der Waals surface area contributed by atoms with Crippen molar-refractivity contribution in [1.82, 2.24) is 15.3 Å². The summed E-state index contributed by atoms with van der Waals surface area (Å²) in [7, 11) is 2.93. The standard InChI is InChI=1S/C20H25F3N4O5/c1-4-32-19(30-3)6-5-13(11-15(19)29-2)25-17(28)14-12-24-18(20(21,22)23)26-16(14)27-7-9-31-10-8-27/h5-6,11-12,15H,4,7-10H2,1-3H3,(H,25,28). The Labute approximate surface area is 183 Å². The van der Waals surface area contributed by atoms with Crippen LogP contribution in [0.2, 0.25) is 0 Å². The average molecular weight is 458 g/mol. The number of amides is 1. The third kappa shape index (κ3) is 5.09. The first kappa shape index (κ1) is 24.1. The highest BCUT2D eigenvalue weighted by Gasteiger charge is 2.40. The lowest BCUT2D eigenvalue weighted by atomic mass is 10.0. The van der Waals surface area contributed by atoms with Crippen LogP contribution in [-0.2, 0) is 25.1 Å². The smallest absolute Gasteiger partial charge is 0.378 e. The van der Waals surface area contributed by atoms with Gasteiger partial charge >= 0.3 is 6.18 Å². The van der Waals surface area contributed by atoms with E-state index in [1.54, 1.807) is 30.1 Å². The van der Waals surface area contributed by atoms with Crippen LogP contribution in [0, 0.1) is 0 Å². The largest absolute Gasteiger partial charge is 0.451 e. The third-order valence-corrected chi connectivity index (χ3v) is 5.00. The SMILES string of the molecule is CCOC1(OC)C=CC(NC(=O)c2cnc(C(F)(F)F)nc2N2CCOCC2)=CC1OC. The van der Waals surface area contributed by atoms with E-state index in [9.17, 15) is 18.0 Å². The molecule has 1 amide bonds. The van der Waals surface area contributed by atoms with E-state index in [4.69, 9.17) is 18.9 Å². The van der Waals surface area contributed by atoms with Crippen LogP contribution in [0.5, 0.6) is 0 Å². The normalized spacial score (nSPS) is 23.8. The fourth-order valence-electron chi connectivity index (χ4n) is 3.43. The number of hydrogen-bond acceptors (Lipinski definition) is 8. The highest BCUT2D eigenvalue weighted by atomic mass is 19.4. The van der Waals surface area contributed by atoms with Gasteiger partial charge in [-0.2, -0.15) is 13.2 Å². The molecule has 2 aliphatic rings. The van der Waals surface area contributed by atoms with E-state index in [1.807, 2.05) is 0 Å². The van der Waals surface area contributed by atoms with Gasteiger partial charge in [-0.05, 0) is 25.2 Å². The monoisotopic (exact) mass is 458 g/mol. The Hall–Kier alpha value is -2.54. The number of morpholine rings is 1. The molecule has 2 atom stereocenters. The van der Waals surface area contributed by atoms with E-state index in [0.717, 1.165) is 6.20 Å². The molecule has 3 rings (SSSR count). The third-order valence-electron chi connectivity index (χ3n) is 5.00. The Morgan fingerprint density at radius 3 is 2.66 bits per heavy atom. The van der Waals surface area contributed by atoms with Crippen molar-refractivity contribution in [2.45, 2.75) is 25.0 Å². The highest BCUT2D eigenvalue weighted by Crippen LogP contribution is 2.30. The zero-order chi connectivity index (χ0) is 23.4. The van der Waals surface area contributed by atoms with Crippen molar-refractivity contribution in [2.75, 3.05) is 52.0 Å². The number of anilines is 1. The molecule has 12 heteroatoms. The lowest BCUT2D eigenvalue weighted by Gasteiger charge is -2.36. The molecule has 1 aliphatic carbocycles. The summed E-state index contributed by atoms with van der Waals surface area (Å²) in [4.78, 5) is 21.6. The number of methoxy groups -OCH3 is 2. The van der Waals surface area contributed by atoms with Gasteiger partial charge in [-0.25, -0.2) is 9.97 Å². The minimum atomic E-state index is -4.74. The number of nitrogens with zero attached hydrogens (tertiary/aromatic N) is 3. The number of ether oxygens (including phenoxy) is 4. The molecule has 1 fully saturated rings. The molecular weight excluding hydrogens is 433 g/mol. The zero-order valence-corrected chi connectivity index (χ0v) is 17.9. The van der Waals surface area contributed by atoms with Crippen LogP contribution >= 0.6 is 0 Å². The second-order valence-electron chi connectivity index (χ2n) is 6.95. The predicted octanol–water partition coefficient (Wildman–Crippen LogP) is 1.91.